The number of rotatable bonds is 4. The summed E-state index contributed by atoms with van der Waals surface area (Å²) in [5.74, 6) is 0.709. The van der Waals surface area contributed by atoms with Crippen molar-refractivity contribution in [3.05, 3.63) is 23.9 Å². The van der Waals surface area contributed by atoms with Crippen molar-refractivity contribution >= 4 is 17.7 Å². The smallest absolute Gasteiger partial charge is 0.320 e. The van der Waals surface area contributed by atoms with Gasteiger partial charge in [-0.2, -0.15) is 0 Å². The van der Waals surface area contributed by atoms with Crippen molar-refractivity contribution in [3.63, 3.8) is 0 Å². The van der Waals surface area contributed by atoms with E-state index in [0.29, 0.717) is 18.7 Å². The predicted molar refractivity (Wildman–Crippen MR) is 66.6 cm³/mol. The van der Waals surface area contributed by atoms with Crippen LogP contribution in [0, 0.1) is 0 Å². The highest BCUT2D eigenvalue weighted by molar-refractivity contribution is 8.01. The molecule has 1 aromatic heterocycles. The first-order chi connectivity index (χ1) is 8.18. The number of ether oxygens (including phenoxy) is 1. The molecule has 0 saturated carbocycles. The average molecular weight is 253 g/mol. The normalized spacial score (nSPS) is 23.6. The number of nitrogens with zero attached hydrogens (tertiary/aromatic N) is 1. The molecule has 1 aliphatic heterocycles. The van der Waals surface area contributed by atoms with Crippen LogP contribution < -0.4 is 4.74 Å². The van der Waals surface area contributed by atoms with Crippen LogP contribution in [0.2, 0.25) is 0 Å². The topological polar surface area (TPSA) is 59.4 Å². The number of aromatic nitrogens is 1. The van der Waals surface area contributed by atoms with E-state index >= 15 is 0 Å². The quantitative estimate of drug-likeness (QED) is 0.889. The standard InChI is InChI=1S/C12H15NO3S/c1-16-10-9(4-2-6-13-10)8-12(11(14)15)5-3-7-17-12/h2,4,6H,3,5,7-8H2,1H3,(H,14,15). The SMILES string of the molecule is COc1ncccc1CC1(C(=O)O)CCCS1. The van der Waals surface area contributed by atoms with Crippen molar-refractivity contribution in [3.8, 4) is 5.88 Å². The molecule has 92 valence electrons. The van der Waals surface area contributed by atoms with Crippen LogP contribution in [-0.2, 0) is 11.2 Å². The molecular formula is C12H15NO3S. The molecule has 1 saturated heterocycles. The lowest BCUT2D eigenvalue weighted by Crippen LogP contribution is -2.35. The largest absolute Gasteiger partial charge is 0.481 e. The highest BCUT2D eigenvalue weighted by Gasteiger charge is 2.42. The van der Waals surface area contributed by atoms with E-state index in [0.717, 1.165) is 17.7 Å². The number of hydrogen-bond donors (Lipinski definition) is 1. The van der Waals surface area contributed by atoms with E-state index in [9.17, 15) is 9.90 Å². The number of hydrogen-bond acceptors (Lipinski definition) is 4. The van der Waals surface area contributed by atoms with Gasteiger partial charge in [0.1, 0.15) is 4.75 Å². The minimum Gasteiger partial charge on any atom is -0.481 e. The Morgan fingerprint density at radius 3 is 3.12 bits per heavy atom. The van der Waals surface area contributed by atoms with Crippen molar-refractivity contribution in [2.24, 2.45) is 0 Å². The second kappa shape index (κ2) is 4.96. The fraction of sp³-hybridized carbons (Fsp3) is 0.500. The molecule has 1 N–H and O–H groups in total. The van der Waals surface area contributed by atoms with Crippen molar-refractivity contribution in [2.75, 3.05) is 12.9 Å². The lowest BCUT2D eigenvalue weighted by Gasteiger charge is -2.23. The van der Waals surface area contributed by atoms with Crippen LogP contribution in [0.3, 0.4) is 0 Å². The maximum absolute atomic E-state index is 11.4. The fourth-order valence-corrected chi connectivity index (χ4v) is 3.48. The molecule has 0 radical (unpaired) electrons. The van der Waals surface area contributed by atoms with Crippen LogP contribution in [0.1, 0.15) is 18.4 Å². The first-order valence-electron chi connectivity index (χ1n) is 5.53. The van der Waals surface area contributed by atoms with Gasteiger partial charge in [0.15, 0.2) is 0 Å². The van der Waals surface area contributed by atoms with E-state index < -0.39 is 10.7 Å². The zero-order valence-electron chi connectivity index (χ0n) is 9.68. The number of methoxy groups -OCH3 is 1. The van der Waals surface area contributed by atoms with Gasteiger partial charge in [-0.3, -0.25) is 4.79 Å². The number of thioether (sulfide) groups is 1. The average Bonchev–Trinajstić information content (AvgIpc) is 2.80. The van der Waals surface area contributed by atoms with E-state index in [1.165, 1.54) is 11.8 Å². The summed E-state index contributed by atoms with van der Waals surface area (Å²) >= 11 is 1.53. The Labute approximate surface area is 104 Å². The molecule has 0 bridgehead atoms. The van der Waals surface area contributed by atoms with Gasteiger partial charge in [-0.05, 0) is 24.7 Å². The zero-order chi connectivity index (χ0) is 12.3. The maximum Gasteiger partial charge on any atom is 0.320 e. The van der Waals surface area contributed by atoms with Gasteiger partial charge < -0.3 is 9.84 Å². The molecule has 0 spiro atoms. The second-order valence-corrected chi connectivity index (χ2v) is 5.58. The van der Waals surface area contributed by atoms with E-state index in [-0.39, 0.29) is 0 Å². The maximum atomic E-state index is 11.4. The predicted octanol–water partition coefficient (Wildman–Crippen LogP) is 1.98. The van der Waals surface area contributed by atoms with E-state index in [4.69, 9.17) is 4.74 Å². The highest BCUT2D eigenvalue weighted by Crippen LogP contribution is 2.42. The number of carboxylic acids is 1. The Hall–Kier alpha value is -1.23. The summed E-state index contributed by atoms with van der Waals surface area (Å²) in [6.07, 6.45) is 3.80. The third-order valence-electron chi connectivity index (χ3n) is 3.01. The van der Waals surface area contributed by atoms with Gasteiger partial charge in [0.05, 0.1) is 7.11 Å². The van der Waals surface area contributed by atoms with Crippen molar-refractivity contribution in [1.29, 1.82) is 0 Å². The lowest BCUT2D eigenvalue weighted by molar-refractivity contribution is -0.139. The van der Waals surface area contributed by atoms with Crippen LogP contribution >= 0.6 is 11.8 Å². The lowest BCUT2D eigenvalue weighted by atomic mass is 9.95. The van der Waals surface area contributed by atoms with Crippen LogP contribution in [0.15, 0.2) is 18.3 Å². The van der Waals surface area contributed by atoms with Gasteiger partial charge in [0.2, 0.25) is 5.88 Å². The van der Waals surface area contributed by atoms with E-state index in [1.807, 2.05) is 12.1 Å². The zero-order valence-corrected chi connectivity index (χ0v) is 10.5. The van der Waals surface area contributed by atoms with Gasteiger partial charge in [0, 0.05) is 18.2 Å². The third kappa shape index (κ3) is 2.39. The number of carbonyl (C=O) groups is 1. The second-order valence-electron chi connectivity index (χ2n) is 4.10. The van der Waals surface area contributed by atoms with E-state index in [2.05, 4.69) is 4.98 Å². The molecule has 2 rings (SSSR count). The van der Waals surface area contributed by atoms with Crippen LogP contribution in [0.5, 0.6) is 5.88 Å². The number of aliphatic carboxylic acids is 1. The van der Waals surface area contributed by atoms with Gasteiger partial charge in [-0.1, -0.05) is 6.07 Å². The van der Waals surface area contributed by atoms with E-state index in [1.54, 1.807) is 13.3 Å². The Morgan fingerprint density at radius 2 is 2.53 bits per heavy atom. The first kappa shape index (κ1) is 12.2. The molecule has 1 fully saturated rings. The molecule has 1 aliphatic rings. The molecule has 17 heavy (non-hydrogen) atoms. The van der Waals surface area contributed by atoms with Crippen LogP contribution in [0.4, 0.5) is 0 Å². The van der Waals surface area contributed by atoms with Crippen molar-refractivity contribution < 1.29 is 14.6 Å². The summed E-state index contributed by atoms with van der Waals surface area (Å²) < 4.78 is 4.47. The van der Waals surface area contributed by atoms with Gasteiger partial charge >= 0.3 is 5.97 Å². The summed E-state index contributed by atoms with van der Waals surface area (Å²) in [5.41, 5.74) is 0.867. The van der Waals surface area contributed by atoms with Crippen LogP contribution in [-0.4, -0.2) is 33.7 Å². The van der Waals surface area contributed by atoms with Gasteiger partial charge in [-0.25, -0.2) is 4.98 Å². The Balaban J connectivity index is 2.26. The fourth-order valence-electron chi connectivity index (χ4n) is 2.13. The first-order valence-corrected chi connectivity index (χ1v) is 6.52. The highest BCUT2D eigenvalue weighted by atomic mass is 32.2. The molecule has 1 unspecified atom stereocenters. The summed E-state index contributed by atoms with van der Waals surface area (Å²) in [4.78, 5) is 15.6. The number of pyridine rings is 1. The minimum absolute atomic E-state index is 0.476. The van der Waals surface area contributed by atoms with Gasteiger partial charge in [-0.15, -0.1) is 11.8 Å². The Bertz CT molecular complexity index is 416. The molecule has 0 amide bonds. The molecule has 0 aromatic carbocycles. The van der Waals surface area contributed by atoms with Crippen molar-refractivity contribution in [2.45, 2.75) is 24.0 Å². The molecule has 4 nitrogen and oxygen atoms in total. The number of carboxylic acid groups (broad SMARTS) is 1. The third-order valence-corrected chi connectivity index (χ3v) is 4.58. The molecule has 1 atom stereocenters. The summed E-state index contributed by atoms with van der Waals surface area (Å²) in [5, 5.41) is 9.41. The summed E-state index contributed by atoms with van der Waals surface area (Å²) in [7, 11) is 1.56. The summed E-state index contributed by atoms with van der Waals surface area (Å²) in [6.45, 7) is 0. The summed E-state index contributed by atoms with van der Waals surface area (Å²) in [6, 6.07) is 3.70. The van der Waals surface area contributed by atoms with Crippen molar-refractivity contribution in [1.82, 2.24) is 4.98 Å². The molecule has 1 aromatic rings. The molecular weight excluding hydrogens is 238 g/mol. The molecule has 2 heterocycles. The van der Waals surface area contributed by atoms with Crippen LogP contribution in [0.25, 0.3) is 0 Å². The Morgan fingerprint density at radius 1 is 1.71 bits per heavy atom. The monoisotopic (exact) mass is 253 g/mol. The Kier molecular flexibility index (Phi) is 3.57. The minimum atomic E-state index is -0.731. The van der Waals surface area contributed by atoms with Gasteiger partial charge in [0.25, 0.3) is 0 Å². The molecule has 0 aliphatic carbocycles. The molecule has 5 heteroatoms.